The minimum absolute atomic E-state index is 0.0253. The van der Waals surface area contributed by atoms with Crippen LogP contribution in [0.2, 0.25) is 0 Å². The van der Waals surface area contributed by atoms with E-state index in [0.717, 1.165) is 27.8 Å². The van der Waals surface area contributed by atoms with Crippen molar-refractivity contribution in [3.05, 3.63) is 233 Å². The molecule has 0 saturated carbocycles. The Morgan fingerprint density at radius 1 is 0.521 bits per heavy atom. The maximum absolute atomic E-state index is 15.4. The molecule has 354 valence electrons. The molecule has 0 bridgehead atoms. The van der Waals surface area contributed by atoms with Crippen LogP contribution in [0, 0.1) is 5.92 Å². The van der Waals surface area contributed by atoms with Crippen LogP contribution in [0.5, 0.6) is 23.0 Å². The quantitative estimate of drug-likeness (QED) is 0.114. The van der Waals surface area contributed by atoms with E-state index in [-0.39, 0.29) is 54.5 Å². The fourth-order valence-corrected chi connectivity index (χ4v) is 18.4. The van der Waals surface area contributed by atoms with Crippen LogP contribution in [0.15, 0.2) is 199 Å². The van der Waals surface area contributed by atoms with Crippen molar-refractivity contribution in [2.24, 2.45) is 5.92 Å². The second kappa shape index (κ2) is 17.8. The highest BCUT2D eigenvalue weighted by Crippen LogP contribution is 2.60. The number of hydrogen-bond donors (Lipinski definition) is 3. The molecule has 0 fully saturated rings. The molecular weight excluding hydrogens is 946 g/mol. The minimum atomic E-state index is -3.58. The third-order valence-corrected chi connectivity index (χ3v) is 21.7. The highest BCUT2D eigenvalue weighted by Gasteiger charge is 2.43. The van der Waals surface area contributed by atoms with Crippen LogP contribution in [-0.2, 0) is 43.4 Å². The number of benzene rings is 7. The molecule has 7 aromatic carbocycles. The first-order chi connectivity index (χ1) is 34.5. The van der Waals surface area contributed by atoms with Gasteiger partial charge in [-0.25, -0.2) is 0 Å². The van der Waals surface area contributed by atoms with Crippen LogP contribution in [0.25, 0.3) is 22.3 Å². The van der Waals surface area contributed by atoms with Crippen LogP contribution in [0.4, 0.5) is 0 Å². The summed E-state index contributed by atoms with van der Waals surface area (Å²) in [5.74, 6) is 0.406. The summed E-state index contributed by atoms with van der Waals surface area (Å²) in [5, 5.41) is 38.4. The number of aliphatic hydroxyl groups excluding tert-OH is 1. The Morgan fingerprint density at radius 2 is 1.08 bits per heavy atom. The Bertz CT molecular complexity index is 3610. The lowest BCUT2D eigenvalue weighted by molar-refractivity contribution is 0.231. The van der Waals surface area contributed by atoms with Gasteiger partial charge < -0.3 is 28.9 Å². The summed E-state index contributed by atoms with van der Waals surface area (Å²) in [6.45, 7) is 0. The molecular formula is C59H49O9P3. The SMILES string of the molecule is O=P1(CC2=C(O)C(Cc3cc(CP4(=O)OC5C=CC=CC5c5ccccc54)cc(Cc4cccc(CP5(=O)Oc6ccccc6-c6ccccc65)c4O)c3O)CC=C2)Oc2ccccc2-c2ccccc21. The van der Waals surface area contributed by atoms with Crippen molar-refractivity contribution in [1.29, 1.82) is 0 Å². The maximum Gasteiger partial charge on any atom is 0.282 e. The van der Waals surface area contributed by atoms with Gasteiger partial charge in [0.2, 0.25) is 7.37 Å². The van der Waals surface area contributed by atoms with Crippen LogP contribution in [0.1, 0.15) is 45.7 Å². The molecule has 12 rings (SSSR count). The number of aromatic hydroxyl groups is 2. The maximum atomic E-state index is 15.4. The van der Waals surface area contributed by atoms with Crippen LogP contribution in [0.3, 0.4) is 0 Å². The van der Waals surface area contributed by atoms with Crippen LogP contribution < -0.4 is 25.0 Å². The van der Waals surface area contributed by atoms with Gasteiger partial charge in [-0.05, 0) is 82.1 Å². The first-order valence-electron chi connectivity index (χ1n) is 23.9. The average molecular weight is 995 g/mol. The predicted octanol–water partition coefficient (Wildman–Crippen LogP) is 13.2. The molecule has 0 saturated heterocycles. The molecule has 12 heteroatoms. The smallest absolute Gasteiger partial charge is 0.282 e. The molecule has 6 atom stereocenters. The van der Waals surface area contributed by atoms with Crippen molar-refractivity contribution in [1.82, 2.24) is 0 Å². The monoisotopic (exact) mass is 994 g/mol. The standard InChI is InChI=1S/C59H49O9P3/c60-57-39(15-13-17-41(57)36-70(64)55-29-11-5-23-49(55)46-20-2-8-26-52(46)67-70)33-43-31-38(35-69(63)54-28-10-4-22-48(54)45-19-1-7-25-51(45)66-69)32-44(59(43)62)34-40-16-14-18-42(58(40)61)37-71(65)56-30-12-6-24-50(56)47-21-3-9-27-53(47)68-71/h1-15,17-32,40,45,51,60-62H,16,33-37H2. The van der Waals surface area contributed by atoms with E-state index < -0.39 is 34.1 Å². The third kappa shape index (κ3) is 8.06. The van der Waals surface area contributed by atoms with E-state index >= 15 is 4.57 Å². The molecule has 5 aliphatic rings. The molecule has 0 spiro atoms. The second-order valence-electron chi connectivity index (χ2n) is 18.9. The molecule has 0 amide bonds. The van der Waals surface area contributed by atoms with Crippen molar-refractivity contribution in [3.8, 4) is 45.3 Å². The van der Waals surface area contributed by atoms with Crippen molar-refractivity contribution < 1.29 is 42.6 Å². The zero-order valence-electron chi connectivity index (χ0n) is 38.5. The molecule has 6 unspecified atom stereocenters. The van der Waals surface area contributed by atoms with E-state index in [4.69, 9.17) is 13.6 Å². The summed E-state index contributed by atoms with van der Waals surface area (Å²) in [7, 11) is -10.7. The van der Waals surface area contributed by atoms with E-state index in [0.29, 0.717) is 67.2 Å². The van der Waals surface area contributed by atoms with Crippen LogP contribution >= 0.6 is 22.1 Å². The fourth-order valence-electron chi connectivity index (χ4n) is 11.0. The number of allylic oxidation sites excluding steroid dienone is 6. The summed E-state index contributed by atoms with van der Waals surface area (Å²) in [6.07, 6.45) is 11.8. The molecule has 71 heavy (non-hydrogen) atoms. The summed E-state index contributed by atoms with van der Waals surface area (Å²) in [4.78, 5) is 0. The number of aliphatic hydroxyl groups is 1. The Hall–Kier alpha value is -6.85. The number of hydrogen-bond acceptors (Lipinski definition) is 9. The van der Waals surface area contributed by atoms with E-state index in [1.165, 1.54) is 0 Å². The van der Waals surface area contributed by atoms with Gasteiger partial charge in [0, 0.05) is 45.8 Å². The lowest BCUT2D eigenvalue weighted by Crippen LogP contribution is -2.32. The molecule has 3 heterocycles. The second-order valence-corrected chi connectivity index (χ2v) is 26.0. The van der Waals surface area contributed by atoms with Crippen molar-refractivity contribution >= 4 is 38.0 Å². The van der Waals surface area contributed by atoms with E-state index in [2.05, 4.69) is 6.08 Å². The molecule has 7 aromatic rings. The summed E-state index contributed by atoms with van der Waals surface area (Å²) >= 11 is 0. The zero-order chi connectivity index (χ0) is 48.5. The van der Waals surface area contributed by atoms with E-state index in [1.807, 2.05) is 158 Å². The highest BCUT2D eigenvalue weighted by atomic mass is 31.2. The Labute approximate surface area is 412 Å². The van der Waals surface area contributed by atoms with Gasteiger partial charge in [0.15, 0.2) is 0 Å². The van der Waals surface area contributed by atoms with Crippen molar-refractivity contribution in [2.45, 2.75) is 43.6 Å². The van der Waals surface area contributed by atoms with Crippen LogP contribution in [-0.4, -0.2) is 27.6 Å². The normalized spacial score (nSPS) is 24.3. The molecule has 0 radical (unpaired) electrons. The number of para-hydroxylation sites is 3. The topological polar surface area (TPSA) is 140 Å². The van der Waals surface area contributed by atoms with Gasteiger partial charge in [0.1, 0.15) is 23.0 Å². The average Bonchev–Trinajstić information content (AvgIpc) is 3.38. The summed E-state index contributed by atoms with van der Waals surface area (Å²) in [6, 6.07) is 46.7. The lowest BCUT2D eigenvalue weighted by Gasteiger charge is -2.37. The Balaban J connectivity index is 0.900. The number of phenols is 2. The third-order valence-electron chi connectivity index (χ3n) is 14.4. The van der Waals surface area contributed by atoms with Gasteiger partial charge in [-0.15, -0.1) is 0 Å². The largest absolute Gasteiger partial charge is 0.512 e. The Kier molecular flexibility index (Phi) is 11.3. The zero-order valence-corrected chi connectivity index (χ0v) is 41.2. The van der Waals surface area contributed by atoms with Gasteiger partial charge in [0.05, 0.1) is 41.0 Å². The predicted molar refractivity (Wildman–Crippen MR) is 281 cm³/mol. The van der Waals surface area contributed by atoms with E-state index in [1.54, 1.807) is 24.3 Å². The number of fused-ring (bicyclic) bond motifs is 9. The van der Waals surface area contributed by atoms with Gasteiger partial charge in [0.25, 0.3) is 14.7 Å². The van der Waals surface area contributed by atoms with Crippen molar-refractivity contribution in [2.75, 3.05) is 6.16 Å². The van der Waals surface area contributed by atoms with Gasteiger partial charge in [-0.3, -0.25) is 13.7 Å². The number of rotatable bonds is 10. The Morgan fingerprint density at radius 3 is 1.79 bits per heavy atom. The first-order valence-corrected chi connectivity index (χ1v) is 29.3. The lowest BCUT2D eigenvalue weighted by atomic mass is 9.86. The molecule has 9 nitrogen and oxygen atoms in total. The fraction of sp³-hybridized carbons (Fsp3) is 0.153. The summed E-state index contributed by atoms with van der Waals surface area (Å²) in [5.41, 5.74) is 7.34. The highest BCUT2D eigenvalue weighted by molar-refractivity contribution is 7.68. The number of phenolic OH excluding ortho intramolecular Hbond substituents is 2. The first kappa shape index (κ1) is 45.3. The molecule has 2 aliphatic carbocycles. The van der Waals surface area contributed by atoms with Gasteiger partial charge in [-0.2, -0.15) is 0 Å². The van der Waals surface area contributed by atoms with E-state index in [9.17, 15) is 24.4 Å². The summed E-state index contributed by atoms with van der Waals surface area (Å²) < 4.78 is 64.6. The van der Waals surface area contributed by atoms with Gasteiger partial charge in [-0.1, -0.05) is 158 Å². The van der Waals surface area contributed by atoms with Gasteiger partial charge >= 0.3 is 0 Å². The minimum Gasteiger partial charge on any atom is -0.512 e. The van der Waals surface area contributed by atoms with Crippen molar-refractivity contribution in [3.63, 3.8) is 0 Å². The molecule has 3 aliphatic heterocycles. The molecule has 0 aromatic heterocycles. The molecule has 3 N–H and O–H groups in total.